The minimum absolute atomic E-state index is 0.717. The highest BCUT2D eigenvalue weighted by Gasteiger charge is 2.18. The van der Waals surface area contributed by atoms with Gasteiger partial charge in [-0.2, -0.15) is 0 Å². The number of benzene rings is 1. The van der Waals surface area contributed by atoms with Crippen molar-refractivity contribution in [2.75, 3.05) is 37.7 Å². The standard InChI is InChI=1S/C19H25N3O/c1-3-23-18-9-7-17(8-10-18)15-21-11-13-22(14-12-21)19-6-4-5-16(2)20-19/h4-10H,3,11-15H2,1-2H3. The van der Waals surface area contributed by atoms with Crippen molar-refractivity contribution in [2.24, 2.45) is 0 Å². The zero-order valence-electron chi connectivity index (χ0n) is 14.0. The van der Waals surface area contributed by atoms with Crippen molar-refractivity contribution < 1.29 is 4.74 Å². The first-order chi connectivity index (χ1) is 11.2. The molecule has 0 unspecified atom stereocenters. The molecule has 1 aliphatic rings. The van der Waals surface area contributed by atoms with Crippen molar-refractivity contribution in [2.45, 2.75) is 20.4 Å². The molecule has 1 aromatic carbocycles. The first kappa shape index (κ1) is 15.8. The molecule has 0 aliphatic carbocycles. The number of piperazine rings is 1. The molecule has 0 radical (unpaired) electrons. The first-order valence-corrected chi connectivity index (χ1v) is 8.37. The lowest BCUT2D eigenvalue weighted by atomic mass is 10.2. The summed E-state index contributed by atoms with van der Waals surface area (Å²) < 4.78 is 5.50. The van der Waals surface area contributed by atoms with Gasteiger partial charge in [0.15, 0.2) is 0 Å². The molecule has 0 spiro atoms. The Hall–Kier alpha value is -2.07. The fraction of sp³-hybridized carbons (Fsp3) is 0.421. The van der Waals surface area contributed by atoms with Crippen LogP contribution in [0.15, 0.2) is 42.5 Å². The summed E-state index contributed by atoms with van der Waals surface area (Å²) in [4.78, 5) is 9.51. The summed E-state index contributed by atoms with van der Waals surface area (Å²) in [6.45, 7) is 9.99. The van der Waals surface area contributed by atoms with Crippen LogP contribution in [0, 0.1) is 6.92 Å². The molecule has 1 aliphatic heterocycles. The van der Waals surface area contributed by atoms with Gasteiger partial charge in [-0.05, 0) is 43.7 Å². The molecule has 4 heteroatoms. The first-order valence-electron chi connectivity index (χ1n) is 8.37. The molecule has 0 atom stereocenters. The minimum atomic E-state index is 0.717. The van der Waals surface area contributed by atoms with Gasteiger partial charge in [0, 0.05) is 38.4 Å². The summed E-state index contributed by atoms with van der Waals surface area (Å²) in [5, 5.41) is 0. The average molecular weight is 311 g/mol. The average Bonchev–Trinajstić information content (AvgIpc) is 2.58. The molecule has 122 valence electrons. The highest BCUT2D eigenvalue weighted by Crippen LogP contribution is 2.17. The molecule has 0 amide bonds. The highest BCUT2D eigenvalue weighted by molar-refractivity contribution is 5.39. The number of aryl methyl sites for hydroxylation is 1. The van der Waals surface area contributed by atoms with Crippen LogP contribution in [-0.4, -0.2) is 42.7 Å². The lowest BCUT2D eigenvalue weighted by Crippen LogP contribution is -2.46. The van der Waals surface area contributed by atoms with Gasteiger partial charge >= 0.3 is 0 Å². The number of hydrogen-bond donors (Lipinski definition) is 0. The van der Waals surface area contributed by atoms with E-state index in [0.29, 0.717) is 6.61 Å². The van der Waals surface area contributed by atoms with Crippen LogP contribution in [0.2, 0.25) is 0 Å². The Balaban J connectivity index is 1.52. The van der Waals surface area contributed by atoms with Gasteiger partial charge in [0.2, 0.25) is 0 Å². The summed E-state index contributed by atoms with van der Waals surface area (Å²) >= 11 is 0. The maximum Gasteiger partial charge on any atom is 0.128 e. The summed E-state index contributed by atoms with van der Waals surface area (Å²) in [6.07, 6.45) is 0. The molecule has 4 nitrogen and oxygen atoms in total. The molecular weight excluding hydrogens is 286 g/mol. The molecule has 0 saturated carbocycles. The molecule has 1 fully saturated rings. The van der Waals surface area contributed by atoms with Crippen LogP contribution in [0.1, 0.15) is 18.2 Å². The van der Waals surface area contributed by atoms with Gasteiger partial charge in [0.1, 0.15) is 11.6 Å². The van der Waals surface area contributed by atoms with E-state index >= 15 is 0 Å². The number of rotatable bonds is 5. The normalized spacial score (nSPS) is 15.7. The maximum absolute atomic E-state index is 5.50. The lowest BCUT2D eigenvalue weighted by molar-refractivity contribution is 0.249. The van der Waals surface area contributed by atoms with E-state index < -0.39 is 0 Å². The van der Waals surface area contributed by atoms with E-state index in [2.05, 4.69) is 51.2 Å². The lowest BCUT2D eigenvalue weighted by Gasteiger charge is -2.35. The van der Waals surface area contributed by atoms with E-state index in [-0.39, 0.29) is 0 Å². The third-order valence-electron chi connectivity index (χ3n) is 4.21. The SMILES string of the molecule is CCOc1ccc(CN2CCN(c3cccc(C)n3)CC2)cc1. The van der Waals surface area contributed by atoms with Crippen molar-refractivity contribution in [3.63, 3.8) is 0 Å². The van der Waals surface area contributed by atoms with E-state index in [4.69, 9.17) is 4.74 Å². The van der Waals surface area contributed by atoms with Crippen LogP contribution in [0.4, 0.5) is 5.82 Å². The van der Waals surface area contributed by atoms with Gasteiger partial charge in [0.25, 0.3) is 0 Å². The number of hydrogen-bond acceptors (Lipinski definition) is 4. The monoisotopic (exact) mass is 311 g/mol. The topological polar surface area (TPSA) is 28.6 Å². The predicted octanol–water partition coefficient (Wildman–Crippen LogP) is 3.11. The third kappa shape index (κ3) is 4.23. The number of aromatic nitrogens is 1. The van der Waals surface area contributed by atoms with E-state index in [1.54, 1.807) is 0 Å². The summed E-state index contributed by atoms with van der Waals surface area (Å²) in [7, 11) is 0. The Morgan fingerprint density at radius 1 is 1.00 bits per heavy atom. The second kappa shape index (κ2) is 7.47. The van der Waals surface area contributed by atoms with Crippen molar-refractivity contribution >= 4 is 5.82 Å². The van der Waals surface area contributed by atoms with Gasteiger partial charge in [0.05, 0.1) is 6.61 Å². The number of nitrogens with zero attached hydrogens (tertiary/aromatic N) is 3. The van der Waals surface area contributed by atoms with Crippen LogP contribution < -0.4 is 9.64 Å². The van der Waals surface area contributed by atoms with Crippen molar-refractivity contribution in [1.29, 1.82) is 0 Å². The smallest absolute Gasteiger partial charge is 0.128 e. The fourth-order valence-corrected chi connectivity index (χ4v) is 2.96. The Labute approximate surface area is 138 Å². The van der Waals surface area contributed by atoms with Crippen molar-refractivity contribution in [3.8, 4) is 5.75 Å². The number of ether oxygens (including phenoxy) is 1. The quantitative estimate of drug-likeness (QED) is 0.848. The summed E-state index contributed by atoms with van der Waals surface area (Å²) in [5.41, 5.74) is 2.43. The van der Waals surface area contributed by atoms with Gasteiger partial charge in [-0.15, -0.1) is 0 Å². The number of anilines is 1. The molecular formula is C19H25N3O. The van der Waals surface area contributed by atoms with Crippen molar-refractivity contribution in [1.82, 2.24) is 9.88 Å². The summed E-state index contributed by atoms with van der Waals surface area (Å²) in [6, 6.07) is 14.7. The molecule has 3 rings (SSSR count). The van der Waals surface area contributed by atoms with Crippen LogP contribution in [0.5, 0.6) is 5.75 Å². The van der Waals surface area contributed by atoms with Crippen molar-refractivity contribution in [3.05, 3.63) is 53.7 Å². The second-order valence-corrected chi connectivity index (χ2v) is 5.98. The zero-order valence-corrected chi connectivity index (χ0v) is 14.0. The Bertz CT molecular complexity index is 619. The fourth-order valence-electron chi connectivity index (χ4n) is 2.96. The van der Waals surface area contributed by atoms with Gasteiger partial charge in [-0.1, -0.05) is 18.2 Å². The third-order valence-corrected chi connectivity index (χ3v) is 4.21. The van der Waals surface area contributed by atoms with Crippen LogP contribution in [-0.2, 0) is 6.54 Å². The largest absolute Gasteiger partial charge is 0.494 e. The Morgan fingerprint density at radius 3 is 2.39 bits per heavy atom. The molecule has 2 aromatic rings. The van der Waals surface area contributed by atoms with Crippen LogP contribution in [0.25, 0.3) is 0 Å². The van der Waals surface area contributed by atoms with E-state index in [9.17, 15) is 0 Å². The van der Waals surface area contributed by atoms with Gasteiger partial charge in [-0.3, -0.25) is 4.90 Å². The molecule has 2 heterocycles. The van der Waals surface area contributed by atoms with Gasteiger partial charge in [-0.25, -0.2) is 4.98 Å². The van der Waals surface area contributed by atoms with E-state index in [1.807, 2.05) is 19.9 Å². The Morgan fingerprint density at radius 2 is 1.74 bits per heavy atom. The van der Waals surface area contributed by atoms with E-state index in [1.165, 1.54) is 5.56 Å². The van der Waals surface area contributed by atoms with Gasteiger partial charge < -0.3 is 9.64 Å². The number of pyridine rings is 1. The minimum Gasteiger partial charge on any atom is -0.494 e. The van der Waals surface area contributed by atoms with E-state index in [0.717, 1.165) is 50.0 Å². The molecule has 1 saturated heterocycles. The molecule has 1 aromatic heterocycles. The second-order valence-electron chi connectivity index (χ2n) is 5.98. The highest BCUT2D eigenvalue weighted by atomic mass is 16.5. The van der Waals surface area contributed by atoms with Crippen LogP contribution >= 0.6 is 0 Å². The Kier molecular flexibility index (Phi) is 5.13. The molecule has 0 bridgehead atoms. The maximum atomic E-state index is 5.50. The summed E-state index contributed by atoms with van der Waals surface area (Å²) in [5.74, 6) is 2.05. The predicted molar refractivity (Wildman–Crippen MR) is 94.1 cm³/mol. The van der Waals surface area contributed by atoms with Crippen LogP contribution in [0.3, 0.4) is 0 Å². The molecule has 23 heavy (non-hydrogen) atoms. The molecule has 0 N–H and O–H groups in total. The zero-order chi connectivity index (χ0) is 16.1.